The second kappa shape index (κ2) is 6.68. The molecule has 0 spiro atoms. The fourth-order valence-corrected chi connectivity index (χ4v) is 2.71. The van der Waals surface area contributed by atoms with E-state index >= 15 is 0 Å². The van der Waals surface area contributed by atoms with Crippen LogP contribution >= 0.6 is 0 Å². The Balaban J connectivity index is 1.57. The van der Waals surface area contributed by atoms with E-state index in [0.29, 0.717) is 17.3 Å². The predicted molar refractivity (Wildman–Crippen MR) is 78.1 cm³/mol. The van der Waals surface area contributed by atoms with Crippen LogP contribution in [0.3, 0.4) is 0 Å². The highest BCUT2D eigenvalue weighted by atomic mass is 19.1. The number of nitrogens with one attached hydrogen (secondary N) is 1. The number of carbonyl (C=O) groups excluding carboxylic acids is 1. The Morgan fingerprint density at radius 2 is 1.91 bits per heavy atom. The van der Waals surface area contributed by atoms with Crippen molar-refractivity contribution in [3.05, 3.63) is 36.0 Å². The van der Waals surface area contributed by atoms with Crippen LogP contribution in [-0.2, 0) is 11.3 Å². The van der Waals surface area contributed by atoms with Gasteiger partial charge in [0.2, 0.25) is 17.7 Å². The third kappa shape index (κ3) is 3.50. The standard InChI is InChI=1S/C16H18FN3O2/c17-13-8-6-12(7-9-13)16-20-19-14(22-16)10-18-15(21)11-4-2-1-3-5-11/h6-9,11H,1-5,10H2,(H,18,21). The first-order valence-corrected chi connectivity index (χ1v) is 7.58. The molecule has 1 aliphatic rings. The summed E-state index contributed by atoms with van der Waals surface area (Å²) >= 11 is 0. The van der Waals surface area contributed by atoms with E-state index in [2.05, 4.69) is 15.5 Å². The van der Waals surface area contributed by atoms with E-state index in [0.717, 1.165) is 25.7 Å². The normalized spacial score (nSPS) is 15.7. The Labute approximate surface area is 127 Å². The van der Waals surface area contributed by atoms with Crippen molar-refractivity contribution < 1.29 is 13.6 Å². The van der Waals surface area contributed by atoms with E-state index in [1.807, 2.05) is 0 Å². The maximum absolute atomic E-state index is 12.9. The van der Waals surface area contributed by atoms with Crippen LogP contribution in [-0.4, -0.2) is 16.1 Å². The lowest BCUT2D eigenvalue weighted by Crippen LogP contribution is -2.31. The highest BCUT2D eigenvalue weighted by Gasteiger charge is 2.21. The van der Waals surface area contributed by atoms with Gasteiger partial charge in [0.15, 0.2) is 0 Å². The molecule has 5 nitrogen and oxygen atoms in total. The minimum absolute atomic E-state index is 0.0567. The van der Waals surface area contributed by atoms with E-state index in [-0.39, 0.29) is 24.2 Å². The number of hydrogen-bond acceptors (Lipinski definition) is 4. The van der Waals surface area contributed by atoms with E-state index < -0.39 is 0 Å². The van der Waals surface area contributed by atoms with Crippen LogP contribution < -0.4 is 5.32 Å². The van der Waals surface area contributed by atoms with E-state index in [1.54, 1.807) is 12.1 Å². The van der Waals surface area contributed by atoms with Gasteiger partial charge in [0, 0.05) is 11.5 Å². The van der Waals surface area contributed by atoms with Crippen molar-refractivity contribution in [1.82, 2.24) is 15.5 Å². The van der Waals surface area contributed by atoms with Crippen molar-refractivity contribution >= 4 is 5.91 Å². The van der Waals surface area contributed by atoms with E-state index in [1.165, 1.54) is 18.6 Å². The first-order chi connectivity index (χ1) is 10.7. The molecule has 1 N–H and O–H groups in total. The zero-order valence-corrected chi connectivity index (χ0v) is 12.2. The van der Waals surface area contributed by atoms with Crippen LogP contribution in [0.15, 0.2) is 28.7 Å². The van der Waals surface area contributed by atoms with Crippen LogP contribution in [0.1, 0.15) is 38.0 Å². The van der Waals surface area contributed by atoms with Gasteiger partial charge in [-0.25, -0.2) is 4.39 Å². The highest BCUT2D eigenvalue weighted by molar-refractivity contribution is 5.78. The maximum atomic E-state index is 12.9. The number of aromatic nitrogens is 2. The molecule has 0 saturated heterocycles. The molecule has 1 aromatic heterocycles. The molecule has 1 fully saturated rings. The third-order valence-electron chi connectivity index (χ3n) is 3.95. The molecule has 2 aromatic rings. The van der Waals surface area contributed by atoms with E-state index in [4.69, 9.17) is 4.42 Å². The van der Waals surface area contributed by atoms with Crippen LogP contribution in [0.4, 0.5) is 4.39 Å². The SMILES string of the molecule is O=C(NCc1nnc(-c2ccc(F)cc2)o1)C1CCCCC1. The molecule has 1 saturated carbocycles. The molecule has 1 amide bonds. The summed E-state index contributed by atoms with van der Waals surface area (Å²) in [5.41, 5.74) is 0.652. The Kier molecular flexibility index (Phi) is 4.46. The summed E-state index contributed by atoms with van der Waals surface area (Å²) in [7, 11) is 0. The van der Waals surface area contributed by atoms with Gasteiger partial charge < -0.3 is 9.73 Å². The van der Waals surface area contributed by atoms with Crippen molar-refractivity contribution in [2.75, 3.05) is 0 Å². The number of nitrogens with zero attached hydrogens (tertiary/aromatic N) is 2. The minimum Gasteiger partial charge on any atom is -0.419 e. The largest absolute Gasteiger partial charge is 0.419 e. The van der Waals surface area contributed by atoms with Gasteiger partial charge in [0.05, 0.1) is 6.54 Å². The number of benzene rings is 1. The van der Waals surface area contributed by atoms with Crippen LogP contribution in [0.25, 0.3) is 11.5 Å². The zero-order chi connectivity index (χ0) is 15.4. The lowest BCUT2D eigenvalue weighted by atomic mass is 9.89. The number of rotatable bonds is 4. The smallest absolute Gasteiger partial charge is 0.247 e. The first-order valence-electron chi connectivity index (χ1n) is 7.58. The predicted octanol–water partition coefficient (Wildman–Crippen LogP) is 3.07. The maximum Gasteiger partial charge on any atom is 0.247 e. The number of hydrogen-bond donors (Lipinski definition) is 1. The molecule has 1 aromatic carbocycles. The van der Waals surface area contributed by atoms with Crippen LogP contribution in [0.5, 0.6) is 0 Å². The first kappa shape index (κ1) is 14.7. The molecule has 0 bridgehead atoms. The molecule has 22 heavy (non-hydrogen) atoms. The zero-order valence-electron chi connectivity index (χ0n) is 12.2. The summed E-state index contributed by atoms with van der Waals surface area (Å²) in [6.07, 6.45) is 5.36. The summed E-state index contributed by atoms with van der Waals surface area (Å²) in [5.74, 6) is 0.517. The summed E-state index contributed by atoms with van der Waals surface area (Å²) in [5, 5.41) is 10.7. The summed E-state index contributed by atoms with van der Waals surface area (Å²) < 4.78 is 18.4. The van der Waals surface area contributed by atoms with Gasteiger partial charge in [-0.2, -0.15) is 0 Å². The number of halogens is 1. The Morgan fingerprint density at radius 1 is 1.18 bits per heavy atom. The average Bonchev–Trinajstić information content (AvgIpc) is 3.03. The van der Waals surface area contributed by atoms with Crippen molar-refractivity contribution in [1.29, 1.82) is 0 Å². The average molecular weight is 303 g/mol. The highest BCUT2D eigenvalue weighted by Crippen LogP contribution is 2.24. The third-order valence-corrected chi connectivity index (χ3v) is 3.95. The summed E-state index contributed by atoms with van der Waals surface area (Å²) in [6, 6.07) is 5.83. The molecule has 0 unspecified atom stereocenters. The molecule has 3 rings (SSSR count). The molecule has 0 atom stereocenters. The van der Waals surface area contributed by atoms with Gasteiger partial charge in [-0.05, 0) is 37.1 Å². The lowest BCUT2D eigenvalue weighted by Gasteiger charge is -2.20. The van der Waals surface area contributed by atoms with Gasteiger partial charge in [-0.3, -0.25) is 4.79 Å². The van der Waals surface area contributed by atoms with Gasteiger partial charge in [0.1, 0.15) is 5.82 Å². The topological polar surface area (TPSA) is 68.0 Å². The summed E-state index contributed by atoms with van der Waals surface area (Å²) in [6.45, 7) is 0.226. The summed E-state index contributed by atoms with van der Waals surface area (Å²) in [4.78, 5) is 12.0. The fourth-order valence-electron chi connectivity index (χ4n) is 2.71. The lowest BCUT2D eigenvalue weighted by molar-refractivity contribution is -0.126. The second-order valence-electron chi connectivity index (χ2n) is 5.56. The molecule has 116 valence electrons. The molecular weight excluding hydrogens is 285 g/mol. The molecule has 1 heterocycles. The Bertz CT molecular complexity index is 633. The van der Waals surface area contributed by atoms with Gasteiger partial charge >= 0.3 is 0 Å². The van der Waals surface area contributed by atoms with Crippen molar-refractivity contribution in [2.24, 2.45) is 5.92 Å². The van der Waals surface area contributed by atoms with Crippen molar-refractivity contribution in [2.45, 2.75) is 38.6 Å². The quantitative estimate of drug-likeness (QED) is 0.942. The Morgan fingerprint density at radius 3 is 2.64 bits per heavy atom. The van der Waals surface area contributed by atoms with Crippen molar-refractivity contribution in [3.8, 4) is 11.5 Å². The molecule has 0 radical (unpaired) electrons. The van der Waals surface area contributed by atoms with Gasteiger partial charge in [0.25, 0.3) is 0 Å². The number of carbonyl (C=O) groups is 1. The minimum atomic E-state index is -0.316. The number of amides is 1. The van der Waals surface area contributed by atoms with E-state index in [9.17, 15) is 9.18 Å². The van der Waals surface area contributed by atoms with Gasteiger partial charge in [-0.15, -0.1) is 10.2 Å². The van der Waals surface area contributed by atoms with Gasteiger partial charge in [-0.1, -0.05) is 19.3 Å². The molecule has 0 aliphatic heterocycles. The Hall–Kier alpha value is -2.24. The molecular formula is C16H18FN3O2. The fraction of sp³-hybridized carbons (Fsp3) is 0.438. The van der Waals surface area contributed by atoms with Crippen molar-refractivity contribution in [3.63, 3.8) is 0 Å². The second-order valence-corrected chi connectivity index (χ2v) is 5.56. The monoisotopic (exact) mass is 303 g/mol. The van der Waals surface area contributed by atoms with Crippen LogP contribution in [0, 0.1) is 11.7 Å². The molecule has 1 aliphatic carbocycles. The molecule has 6 heteroatoms. The van der Waals surface area contributed by atoms with Crippen LogP contribution in [0.2, 0.25) is 0 Å².